The molecule has 0 saturated heterocycles. The third-order valence-electron chi connectivity index (χ3n) is 3.12. The van der Waals surface area contributed by atoms with E-state index in [1.54, 1.807) is 19.1 Å². The van der Waals surface area contributed by atoms with Crippen molar-refractivity contribution in [3.8, 4) is 5.75 Å². The summed E-state index contributed by atoms with van der Waals surface area (Å²) in [6.45, 7) is 1.73. The molecule has 1 aromatic heterocycles. The van der Waals surface area contributed by atoms with Gasteiger partial charge in [0.05, 0.1) is 0 Å². The van der Waals surface area contributed by atoms with Crippen LogP contribution < -0.4 is 5.63 Å². The number of fused-ring (bicyclic) bond motifs is 1. The quantitative estimate of drug-likeness (QED) is 0.670. The topological polar surface area (TPSA) is 50.4 Å². The van der Waals surface area contributed by atoms with Crippen molar-refractivity contribution in [3.05, 3.63) is 62.9 Å². The van der Waals surface area contributed by atoms with Gasteiger partial charge in [-0.05, 0) is 37.3 Å². The third kappa shape index (κ3) is 2.84. The van der Waals surface area contributed by atoms with Crippen LogP contribution in [0, 0.1) is 6.92 Å². The van der Waals surface area contributed by atoms with E-state index in [0.717, 1.165) is 19.6 Å². The Morgan fingerprint density at radius 2 is 2.00 bits per heavy atom. The molecule has 0 radical (unpaired) electrons. The molecular formula is C16H11BrO3S. The Hall–Kier alpha value is -1.72. The second-order valence-corrected chi connectivity index (χ2v) is 6.61. The molecule has 0 aliphatic carbocycles. The molecule has 0 unspecified atom stereocenters. The number of halogens is 1. The average Bonchev–Trinajstić information content (AvgIpc) is 2.43. The first kappa shape index (κ1) is 14.2. The van der Waals surface area contributed by atoms with Gasteiger partial charge in [0.15, 0.2) is 0 Å². The summed E-state index contributed by atoms with van der Waals surface area (Å²) in [4.78, 5) is 13.6. The van der Waals surface area contributed by atoms with Gasteiger partial charge in [-0.2, -0.15) is 0 Å². The lowest BCUT2D eigenvalue weighted by atomic mass is 10.1. The van der Waals surface area contributed by atoms with Crippen molar-refractivity contribution in [2.75, 3.05) is 0 Å². The van der Waals surface area contributed by atoms with E-state index in [1.807, 2.05) is 24.3 Å². The van der Waals surface area contributed by atoms with Crippen molar-refractivity contribution in [1.82, 2.24) is 0 Å². The fourth-order valence-corrected chi connectivity index (χ4v) is 3.63. The largest absolute Gasteiger partial charge is 0.508 e. The normalized spacial score (nSPS) is 11.0. The van der Waals surface area contributed by atoms with Crippen LogP contribution in [0.4, 0.5) is 0 Å². The minimum atomic E-state index is -0.423. The van der Waals surface area contributed by atoms with Crippen LogP contribution in [0.1, 0.15) is 5.56 Å². The molecule has 0 spiro atoms. The Bertz CT molecular complexity index is 886. The first-order valence-electron chi connectivity index (χ1n) is 6.24. The molecule has 0 aliphatic heterocycles. The molecule has 1 heterocycles. The van der Waals surface area contributed by atoms with Gasteiger partial charge >= 0.3 is 5.63 Å². The molecule has 0 amide bonds. The van der Waals surface area contributed by atoms with Crippen molar-refractivity contribution in [2.24, 2.45) is 0 Å². The van der Waals surface area contributed by atoms with E-state index in [4.69, 9.17) is 4.42 Å². The minimum Gasteiger partial charge on any atom is -0.508 e. The molecule has 0 saturated carbocycles. The highest BCUT2D eigenvalue weighted by atomic mass is 79.9. The molecule has 0 bridgehead atoms. The van der Waals surface area contributed by atoms with Gasteiger partial charge in [0.1, 0.15) is 11.3 Å². The van der Waals surface area contributed by atoms with Crippen molar-refractivity contribution >= 4 is 38.7 Å². The van der Waals surface area contributed by atoms with Gasteiger partial charge in [0, 0.05) is 31.3 Å². The summed E-state index contributed by atoms with van der Waals surface area (Å²) >= 11 is 4.92. The minimum absolute atomic E-state index is 0.121. The average molecular weight is 363 g/mol. The van der Waals surface area contributed by atoms with Crippen LogP contribution in [0.3, 0.4) is 0 Å². The van der Waals surface area contributed by atoms with Crippen LogP contribution in [-0.2, 0) is 0 Å². The van der Waals surface area contributed by atoms with Crippen molar-refractivity contribution < 1.29 is 9.52 Å². The summed E-state index contributed by atoms with van der Waals surface area (Å²) < 4.78 is 6.22. The van der Waals surface area contributed by atoms with E-state index in [-0.39, 0.29) is 5.75 Å². The summed E-state index contributed by atoms with van der Waals surface area (Å²) in [6.07, 6.45) is 0. The molecule has 5 heteroatoms. The monoisotopic (exact) mass is 362 g/mol. The van der Waals surface area contributed by atoms with Gasteiger partial charge in [-0.25, -0.2) is 4.79 Å². The number of aryl methyl sites for hydroxylation is 1. The van der Waals surface area contributed by atoms with Gasteiger partial charge in [0.2, 0.25) is 0 Å². The Morgan fingerprint density at radius 1 is 1.19 bits per heavy atom. The van der Waals surface area contributed by atoms with Gasteiger partial charge in [-0.3, -0.25) is 0 Å². The van der Waals surface area contributed by atoms with E-state index in [0.29, 0.717) is 11.1 Å². The fourth-order valence-electron chi connectivity index (χ4n) is 2.06. The second-order valence-electron chi connectivity index (χ2n) is 4.58. The van der Waals surface area contributed by atoms with Crippen molar-refractivity contribution in [3.63, 3.8) is 0 Å². The van der Waals surface area contributed by atoms with Crippen LogP contribution in [0.2, 0.25) is 0 Å². The van der Waals surface area contributed by atoms with E-state index in [2.05, 4.69) is 15.9 Å². The number of rotatable bonds is 2. The molecule has 2 aromatic carbocycles. The Balaban J connectivity index is 2.18. The third-order valence-corrected chi connectivity index (χ3v) is 4.66. The summed E-state index contributed by atoms with van der Waals surface area (Å²) in [5.74, 6) is 0.121. The fraction of sp³-hybridized carbons (Fsp3) is 0.0625. The highest BCUT2D eigenvalue weighted by Gasteiger charge is 2.11. The summed E-state index contributed by atoms with van der Waals surface area (Å²) in [5.41, 5.74) is 0.579. The molecule has 0 atom stereocenters. The molecule has 21 heavy (non-hydrogen) atoms. The van der Waals surface area contributed by atoms with Crippen molar-refractivity contribution in [2.45, 2.75) is 16.7 Å². The maximum Gasteiger partial charge on any atom is 0.337 e. The maximum absolute atomic E-state index is 11.8. The number of phenols is 1. The van der Waals surface area contributed by atoms with Crippen LogP contribution in [0.25, 0.3) is 11.0 Å². The number of aromatic hydroxyl groups is 1. The van der Waals surface area contributed by atoms with Crippen molar-refractivity contribution in [1.29, 1.82) is 0 Å². The van der Waals surface area contributed by atoms with Crippen LogP contribution >= 0.6 is 27.7 Å². The first-order valence-corrected chi connectivity index (χ1v) is 7.85. The zero-order valence-corrected chi connectivity index (χ0v) is 13.5. The van der Waals surface area contributed by atoms with E-state index >= 15 is 0 Å². The number of benzene rings is 2. The smallest absolute Gasteiger partial charge is 0.337 e. The molecule has 0 aliphatic rings. The second kappa shape index (κ2) is 5.58. The standard InChI is InChI=1S/C16H11BrO3S/c1-9-13(18)6-5-12-14(8-15(19)20-16(9)12)21-11-4-2-3-10(17)7-11/h2-8,18H,1H3. The summed E-state index contributed by atoms with van der Waals surface area (Å²) in [7, 11) is 0. The number of hydrogen-bond acceptors (Lipinski definition) is 4. The van der Waals surface area contributed by atoms with E-state index in [9.17, 15) is 9.90 Å². The van der Waals surface area contributed by atoms with E-state index < -0.39 is 5.63 Å². The Kier molecular flexibility index (Phi) is 3.78. The lowest BCUT2D eigenvalue weighted by molar-refractivity contribution is 0.468. The first-order chi connectivity index (χ1) is 10.0. The number of hydrogen-bond donors (Lipinski definition) is 1. The highest BCUT2D eigenvalue weighted by molar-refractivity contribution is 9.10. The maximum atomic E-state index is 11.8. The lowest BCUT2D eigenvalue weighted by Gasteiger charge is -2.08. The molecule has 106 valence electrons. The number of phenolic OH excluding ortho intramolecular Hbond substituents is 1. The molecule has 3 aromatic rings. The van der Waals surface area contributed by atoms with Crippen LogP contribution in [-0.4, -0.2) is 5.11 Å². The summed E-state index contributed by atoms with van der Waals surface area (Å²) in [6, 6.07) is 12.7. The lowest BCUT2D eigenvalue weighted by Crippen LogP contribution is -1.98. The summed E-state index contributed by atoms with van der Waals surface area (Å²) in [5, 5.41) is 10.6. The zero-order chi connectivity index (χ0) is 15.0. The molecule has 1 N–H and O–H groups in total. The van der Waals surface area contributed by atoms with E-state index in [1.165, 1.54) is 17.8 Å². The van der Waals surface area contributed by atoms with Gasteiger partial charge in [-0.15, -0.1) is 0 Å². The van der Waals surface area contributed by atoms with Crippen LogP contribution in [0.15, 0.2) is 65.9 Å². The van der Waals surface area contributed by atoms with Gasteiger partial charge < -0.3 is 9.52 Å². The Labute approximate surface area is 133 Å². The SMILES string of the molecule is Cc1c(O)ccc2c(Sc3cccc(Br)c3)cc(=O)oc12. The molecule has 0 fully saturated rings. The predicted octanol–water partition coefficient (Wildman–Crippen LogP) is 4.72. The van der Waals surface area contributed by atoms with Gasteiger partial charge in [0.25, 0.3) is 0 Å². The van der Waals surface area contributed by atoms with Crippen LogP contribution in [0.5, 0.6) is 5.75 Å². The Morgan fingerprint density at radius 3 is 2.76 bits per heavy atom. The highest BCUT2D eigenvalue weighted by Crippen LogP contribution is 2.36. The molecule has 3 rings (SSSR count). The predicted molar refractivity (Wildman–Crippen MR) is 87.2 cm³/mol. The zero-order valence-electron chi connectivity index (χ0n) is 11.1. The molecule has 3 nitrogen and oxygen atoms in total. The molecular weight excluding hydrogens is 352 g/mol. The van der Waals surface area contributed by atoms with Gasteiger partial charge in [-0.1, -0.05) is 33.8 Å².